The minimum Gasteiger partial charge on any atom is -0.480 e. The molecule has 4 amide bonds. The van der Waals surface area contributed by atoms with Crippen LogP contribution in [0, 0.1) is 5.92 Å². The SMILES string of the molecule is CC(C)C(NC(=O)C(CCC(N)=O)NC(=O)C(Cc1ccccc1)NC(=O)CN)C(=O)O. The Labute approximate surface area is 186 Å². The zero-order valence-electron chi connectivity index (χ0n) is 18.2. The molecule has 0 aliphatic rings. The number of benzene rings is 1. The Morgan fingerprint density at radius 1 is 0.938 bits per heavy atom. The van der Waals surface area contributed by atoms with Gasteiger partial charge in [-0.05, 0) is 17.9 Å². The van der Waals surface area contributed by atoms with Crippen LogP contribution in [0.25, 0.3) is 0 Å². The first-order valence-corrected chi connectivity index (χ1v) is 10.2. The Kier molecular flexibility index (Phi) is 10.8. The van der Waals surface area contributed by atoms with Crippen LogP contribution in [0.5, 0.6) is 0 Å². The number of carbonyl (C=O) groups excluding carboxylic acids is 4. The van der Waals surface area contributed by atoms with Crippen LogP contribution in [0.2, 0.25) is 0 Å². The molecule has 0 aromatic heterocycles. The largest absolute Gasteiger partial charge is 0.480 e. The lowest BCUT2D eigenvalue weighted by atomic mass is 10.0. The number of carboxylic acid groups (broad SMARTS) is 1. The lowest BCUT2D eigenvalue weighted by molar-refractivity contribution is -0.143. The Balaban J connectivity index is 3.04. The van der Waals surface area contributed by atoms with E-state index in [9.17, 15) is 29.1 Å². The maximum absolute atomic E-state index is 12.9. The number of nitrogens with one attached hydrogen (secondary N) is 3. The Morgan fingerprint density at radius 3 is 2.03 bits per heavy atom. The van der Waals surface area contributed by atoms with Crippen LogP contribution in [-0.2, 0) is 30.4 Å². The maximum Gasteiger partial charge on any atom is 0.326 e. The average Bonchev–Trinajstić information content (AvgIpc) is 2.73. The van der Waals surface area contributed by atoms with Crippen molar-refractivity contribution < 1.29 is 29.1 Å². The molecule has 8 N–H and O–H groups in total. The molecule has 0 aliphatic heterocycles. The van der Waals surface area contributed by atoms with Crippen molar-refractivity contribution >= 4 is 29.6 Å². The molecular weight excluding hydrogens is 418 g/mol. The van der Waals surface area contributed by atoms with Gasteiger partial charge in [0.2, 0.25) is 23.6 Å². The quantitative estimate of drug-likeness (QED) is 0.214. The molecule has 0 spiro atoms. The van der Waals surface area contributed by atoms with Crippen LogP contribution < -0.4 is 27.4 Å². The molecule has 0 bridgehead atoms. The normalized spacial score (nSPS) is 13.5. The molecule has 0 heterocycles. The number of primary amides is 1. The summed E-state index contributed by atoms with van der Waals surface area (Å²) in [6.07, 6.45) is -0.219. The molecule has 3 unspecified atom stereocenters. The number of carboxylic acids is 1. The third-order valence-electron chi connectivity index (χ3n) is 4.66. The second kappa shape index (κ2) is 13.1. The Morgan fingerprint density at radius 2 is 1.53 bits per heavy atom. The van der Waals surface area contributed by atoms with E-state index in [2.05, 4.69) is 16.0 Å². The van der Waals surface area contributed by atoms with Gasteiger partial charge in [-0.15, -0.1) is 0 Å². The molecule has 0 saturated carbocycles. The number of carbonyl (C=O) groups is 5. The first-order valence-electron chi connectivity index (χ1n) is 10.2. The summed E-state index contributed by atoms with van der Waals surface area (Å²) < 4.78 is 0. The van der Waals surface area contributed by atoms with Gasteiger partial charge in [0.05, 0.1) is 6.54 Å². The van der Waals surface area contributed by atoms with Gasteiger partial charge in [0.25, 0.3) is 0 Å². The minimum atomic E-state index is -1.23. The maximum atomic E-state index is 12.9. The van der Waals surface area contributed by atoms with Gasteiger partial charge in [-0.25, -0.2) is 4.79 Å². The van der Waals surface area contributed by atoms with E-state index >= 15 is 0 Å². The second-order valence-corrected chi connectivity index (χ2v) is 7.65. The van der Waals surface area contributed by atoms with Gasteiger partial charge in [0.1, 0.15) is 18.1 Å². The topological polar surface area (TPSA) is 194 Å². The summed E-state index contributed by atoms with van der Waals surface area (Å²) in [5.41, 5.74) is 11.3. The molecule has 32 heavy (non-hydrogen) atoms. The summed E-state index contributed by atoms with van der Waals surface area (Å²) in [4.78, 5) is 60.1. The second-order valence-electron chi connectivity index (χ2n) is 7.65. The van der Waals surface area contributed by atoms with E-state index in [1.165, 1.54) is 0 Å². The molecule has 0 fully saturated rings. The van der Waals surface area contributed by atoms with Gasteiger partial charge >= 0.3 is 5.97 Å². The van der Waals surface area contributed by atoms with Gasteiger partial charge in [0.15, 0.2) is 0 Å². The minimum absolute atomic E-state index is 0.131. The lowest BCUT2D eigenvalue weighted by Gasteiger charge is -2.25. The fourth-order valence-corrected chi connectivity index (χ4v) is 2.91. The van der Waals surface area contributed by atoms with Crippen LogP contribution in [-0.4, -0.2) is 59.4 Å². The van der Waals surface area contributed by atoms with E-state index in [0.717, 1.165) is 5.56 Å². The summed E-state index contributed by atoms with van der Waals surface area (Å²) in [5.74, 6) is -4.36. The van der Waals surface area contributed by atoms with E-state index in [0.29, 0.717) is 0 Å². The monoisotopic (exact) mass is 449 g/mol. The van der Waals surface area contributed by atoms with Crippen molar-refractivity contribution in [1.29, 1.82) is 0 Å². The zero-order valence-corrected chi connectivity index (χ0v) is 18.2. The van der Waals surface area contributed by atoms with Crippen molar-refractivity contribution in [1.82, 2.24) is 16.0 Å². The Hall–Kier alpha value is -3.47. The summed E-state index contributed by atoms with van der Waals surface area (Å²) in [7, 11) is 0. The average molecular weight is 450 g/mol. The van der Waals surface area contributed by atoms with E-state index in [-0.39, 0.29) is 25.8 Å². The lowest BCUT2D eigenvalue weighted by Crippen LogP contribution is -2.57. The molecule has 0 aliphatic carbocycles. The highest BCUT2D eigenvalue weighted by Gasteiger charge is 2.30. The molecule has 3 atom stereocenters. The highest BCUT2D eigenvalue weighted by atomic mass is 16.4. The fraction of sp³-hybridized carbons (Fsp3) is 0.476. The van der Waals surface area contributed by atoms with Crippen molar-refractivity contribution in [3.05, 3.63) is 35.9 Å². The number of aliphatic carboxylic acids is 1. The summed E-state index contributed by atoms with van der Waals surface area (Å²) in [5, 5.41) is 16.7. The van der Waals surface area contributed by atoms with Crippen molar-refractivity contribution in [2.45, 2.75) is 51.2 Å². The third-order valence-corrected chi connectivity index (χ3v) is 4.66. The van der Waals surface area contributed by atoms with Crippen LogP contribution in [0.15, 0.2) is 30.3 Å². The predicted molar refractivity (Wildman–Crippen MR) is 116 cm³/mol. The van der Waals surface area contributed by atoms with E-state index in [4.69, 9.17) is 11.5 Å². The van der Waals surface area contributed by atoms with Crippen molar-refractivity contribution in [2.75, 3.05) is 6.54 Å². The summed E-state index contributed by atoms with van der Waals surface area (Å²) in [6.45, 7) is 2.90. The van der Waals surface area contributed by atoms with Crippen LogP contribution >= 0.6 is 0 Å². The smallest absolute Gasteiger partial charge is 0.326 e. The van der Waals surface area contributed by atoms with Gasteiger partial charge < -0.3 is 32.5 Å². The van der Waals surface area contributed by atoms with Crippen molar-refractivity contribution in [3.8, 4) is 0 Å². The van der Waals surface area contributed by atoms with Crippen molar-refractivity contribution in [3.63, 3.8) is 0 Å². The summed E-state index contributed by atoms with van der Waals surface area (Å²) >= 11 is 0. The zero-order chi connectivity index (χ0) is 24.3. The predicted octanol–water partition coefficient (Wildman–Crippen LogP) is -1.35. The molecule has 176 valence electrons. The van der Waals surface area contributed by atoms with Gasteiger partial charge in [-0.2, -0.15) is 0 Å². The first-order chi connectivity index (χ1) is 15.0. The number of hydrogen-bond acceptors (Lipinski definition) is 6. The van der Waals surface area contributed by atoms with Crippen molar-refractivity contribution in [2.24, 2.45) is 17.4 Å². The van der Waals surface area contributed by atoms with Crippen LogP contribution in [0.1, 0.15) is 32.3 Å². The fourth-order valence-electron chi connectivity index (χ4n) is 2.91. The number of rotatable bonds is 13. The number of nitrogens with two attached hydrogens (primary N) is 2. The molecule has 11 heteroatoms. The third kappa shape index (κ3) is 9.13. The van der Waals surface area contributed by atoms with Gasteiger partial charge in [0, 0.05) is 12.8 Å². The van der Waals surface area contributed by atoms with Gasteiger partial charge in [-0.3, -0.25) is 19.2 Å². The Bertz CT molecular complexity index is 814. The number of hydrogen-bond donors (Lipinski definition) is 6. The highest BCUT2D eigenvalue weighted by molar-refractivity contribution is 5.94. The summed E-state index contributed by atoms with van der Waals surface area (Å²) in [6, 6.07) is 5.42. The van der Waals surface area contributed by atoms with Crippen LogP contribution in [0.4, 0.5) is 0 Å². The van der Waals surface area contributed by atoms with Crippen LogP contribution in [0.3, 0.4) is 0 Å². The molecule has 1 aromatic carbocycles. The van der Waals surface area contributed by atoms with E-state index < -0.39 is 53.6 Å². The molecule has 0 saturated heterocycles. The number of amides is 4. The standard InChI is InChI=1S/C21H31N5O6/c1-12(2)18(21(31)32)26-19(29)14(8-9-16(23)27)25-20(30)15(24-17(28)11-22)10-13-6-4-3-5-7-13/h3-7,12,14-15,18H,8-11,22H2,1-2H3,(H2,23,27)(H,24,28)(H,25,30)(H,26,29)(H,31,32). The molecule has 1 rings (SSSR count). The van der Waals surface area contributed by atoms with E-state index in [1.54, 1.807) is 44.2 Å². The highest BCUT2D eigenvalue weighted by Crippen LogP contribution is 2.07. The van der Waals surface area contributed by atoms with Gasteiger partial charge in [-0.1, -0.05) is 44.2 Å². The molecule has 11 nitrogen and oxygen atoms in total. The molecule has 0 radical (unpaired) electrons. The van der Waals surface area contributed by atoms with E-state index in [1.807, 2.05) is 0 Å². The first kappa shape index (κ1) is 26.6. The molecule has 1 aromatic rings. The molecular formula is C21H31N5O6.